The molecule has 0 unspecified atom stereocenters. The third-order valence-corrected chi connectivity index (χ3v) is 10.3. The van der Waals surface area contributed by atoms with Gasteiger partial charge in [0.25, 0.3) is 0 Å². The highest BCUT2D eigenvalue weighted by molar-refractivity contribution is 6.74. The van der Waals surface area contributed by atoms with Crippen molar-refractivity contribution < 1.29 is 24.2 Å². The van der Waals surface area contributed by atoms with Gasteiger partial charge in [-0.3, -0.25) is 9.59 Å². The second kappa shape index (κ2) is 9.29. The van der Waals surface area contributed by atoms with Crippen LogP contribution in [0.5, 0.6) is 0 Å². The minimum atomic E-state index is -2.08. The van der Waals surface area contributed by atoms with Crippen molar-refractivity contribution in [1.82, 2.24) is 0 Å². The standard InChI is InChI=1S/C20H36O5Si/c1-14(21)9-7-8-10-15-16(13-19(23)24)18(12-11-17(15)22)25-26(5,6)20(2,3)4/h11-12,14-16,18,21H,7-10,13H2,1-6H3,(H,23,24)/t14-,15+,16+,18-/m0/s1. The van der Waals surface area contributed by atoms with Crippen molar-refractivity contribution in [2.45, 2.75) is 90.1 Å². The van der Waals surface area contributed by atoms with Crippen LogP contribution in [-0.4, -0.2) is 42.5 Å². The highest BCUT2D eigenvalue weighted by atomic mass is 28.4. The molecular weight excluding hydrogens is 348 g/mol. The Labute approximate surface area is 159 Å². The molecule has 0 aromatic rings. The van der Waals surface area contributed by atoms with E-state index in [0.717, 1.165) is 12.8 Å². The molecule has 0 radical (unpaired) electrons. The van der Waals surface area contributed by atoms with Crippen molar-refractivity contribution in [2.75, 3.05) is 0 Å². The molecule has 1 aliphatic carbocycles. The third kappa shape index (κ3) is 6.63. The molecule has 0 fully saturated rings. The van der Waals surface area contributed by atoms with Crippen LogP contribution >= 0.6 is 0 Å². The number of hydrogen-bond acceptors (Lipinski definition) is 4. The molecule has 0 saturated carbocycles. The molecule has 150 valence electrons. The van der Waals surface area contributed by atoms with Gasteiger partial charge in [0.15, 0.2) is 14.1 Å². The summed E-state index contributed by atoms with van der Waals surface area (Å²) in [6.45, 7) is 12.5. The van der Waals surface area contributed by atoms with Crippen molar-refractivity contribution >= 4 is 20.1 Å². The molecule has 0 saturated heterocycles. The number of ketones is 1. The molecule has 0 aromatic carbocycles. The lowest BCUT2D eigenvalue weighted by molar-refractivity contribution is -0.140. The van der Waals surface area contributed by atoms with Crippen LogP contribution in [0.2, 0.25) is 18.1 Å². The van der Waals surface area contributed by atoms with Crippen LogP contribution in [0.15, 0.2) is 12.2 Å². The summed E-state index contributed by atoms with van der Waals surface area (Å²) in [4.78, 5) is 23.9. The number of unbranched alkanes of at least 4 members (excludes halogenated alkanes) is 1. The van der Waals surface area contributed by atoms with Crippen LogP contribution in [0.4, 0.5) is 0 Å². The molecule has 2 N–H and O–H groups in total. The minimum absolute atomic E-state index is 0.00313. The van der Waals surface area contributed by atoms with Crippen molar-refractivity contribution in [3.05, 3.63) is 12.2 Å². The number of aliphatic hydroxyl groups is 1. The van der Waals surface area contributed by atoms with E-state index in [2.05, 4.69) is 33.9 Å². The number of rotatable bonds is 9. The minimum Gasteiger partial charge on any atom is -0.481 e. The van der Waals surface area contributed by atoms with E-state index in [4.69, 9.17) is 4.43 Å². The number of aliphatic carboxylic acids is 1. The highest BCUT2D eigenvalue weighted by Crippen LogP contribution is 2.41. The normalized spacial score (nSPS) is 25.3. The van der Waals surface area contributed by atoms with Gasteiger partial charge < -0.3 is 14.6 Å². The summed E-state index contributed by atoms with van der Waals surface area (Å²) < 4.78 is 6.48. The van der Waals surface area contributed by atoms with E-state index in [1.54, 1.807) is 19.1 Å². The predicted molar refractivity (Wildman–Crippen MR) is 106 cm³/mol. The topological polar surface area (TPSA) is 83.8 Å². The second-order valence-electron chi connectivity index (χ2n) is 9.11. The number of hydrogen-bond donors (Lipinski definition) is 2. The van der Waals surface area contributed by atoms with Gasteiger partial charge in [0.2, 0.25) is 0 Å². The van der Waals surface area contributed by atoms with E-state index in [9.17, 15) is 19.8 Å². The molecule has 4 atom stereocenters. The van der Waals surface area contributed by atoms with E-state index < -0.39 is 14.3 Å². The lowest BCUT2D eigenvalue weighted by atomic mass is 9.75. The van der Waals surface area contributed by atoms with Gasteiger partial charge in [-0.1, -0.05) is 39.7 Å². The Morgan fingerprint density at radius 2 is 1.92 bits per heavy atom. The third-order valence-electron chi connectivity index (χ3n) is 5.79. The first-order chi connectivity index (χ1) is 11.8. The lowest BCUT2D eigenvalue weighted by Gasteiger charge is -2.43. The zero-order chi connectivity index (χ0) is 20.1. The van der Waals surface area contributed by atoms with Crippen molar-refractivity contribution in [1.29, 1.82) is 0 Å². The van der Waals surface area contributed by atoms with Crippen molar-refractivity contribution in [3.63, 3.8) is 0 Å². The molecule has 5 nitrogen and oxygen atoms in total. The number of carboxylic acid groups (broad SMARTS) is 1. The van der Waals surface area contributed by atoms with E-state index in [1.165, 1.54) is 0 Å². The first kappa shape index (κ1) is 23.1. The summed E-state index contributed by atoms with van der Waals surface area (Å²) in [5.41, 5.74) is 0. The van der Waals surface area contributed by atoms with E-state index in [1.807, 2.05) is 0 Å². The van der Waals surface area contributed by atoms with E-state index >= 15 is 0 Å². The molecule has 6 heteroatoms. The van der Waals surface area contributed by atoms with Crippen LogP contribution < -0.4 is 0 Å². The van der Waals surface area contributed by atoms with Gasteiger partial charge >= 0.3 is 5.97 Å². The van der Waals surface area contributed by atoms with Crippen LogP contribution in [0.25, 0.3) is 0 Å². The predicted octanol–water partition coefficient (Wildman–Crippen LogP) is 4.16. The smallest absolute Gasteiger partial charge is 0.303 e. The second-order valence-corrected chi connectivity index (χ2v) is 13.9. The van der Waals surface area contributed by atoms with Gasteiger partial charge in [0.1, 0.15) is 0 Å². The Morgan fingerprint density at radius 3 is 2.42 bits per heavy atom. The Balaban J connectivity index is 2.94. The Morgan fingerprint density at radius 1 is 1.31 bits per heavy atom. The van der Waals surface area contributed by atoms with Crippen molar-refractivity contribution in [2.24, 2.45) is 11.8 Å². The average molecular weight is 385 g/mol. The monoisotopic (exact) mass is 384 g/mol. The van der Waals surface area contributed by atoms with Gasteiger partial charge in [0.05, 0.1) is 18.6 Å². The summed E-state index contributed by atoms with van der Waals surface area (Å²) in [5.74, 6) is -1.54. The van der Waals surface area contributed by atoms with Gasteiger partial charge in [-0.15, -0.1) is 0 Å². The summed E-state index contributed by atoms with van der Waals surface area (Å²) in [7, 11) is -2.08. The molecule has 0 aliphatic heterocycles. The molecule has 0 amide bonds. The van der Waals surface area contributed by atoms with Crippen LogP contribution in [0, 0.1) is 11.8 Å². The van der Waals surface area contributed by atoms with E-state index in [-0.39, 0.29) is 41.3 Å². The first-order valence-corrected chi connectivity index (χ1v) is 12.6. The Kier molecular flexibility index (Phi) is 8.23. The molecule has 26 heavy (non-hydrogen) atoms. The molecule has 0 bridgehead atoms. The summed E-state index contributed by atoms with van der Waals surface area (Å²) in [5, 5.41) is 18.8. The summed E-state index contributed by atoms with van der Waals surface area (Å²) in [6.07, 6.45) is 5.59. The van der Waals surface area contributed by atoms with Crippen LogP contribution in [0.3, 0.4) is 0 Å². The summed E-state index contributed by atoms with van der Waals surface area (Å²) >= 11 is 0. The molecule has 0 aromatic heterocycles. The lowest BCUT2D eigenvalue weighted by Crippen LogP contribution is -2.48. The van der Waals surface area contributed by atoms with E-state index in [0.29, 0.717) is 12.8 Å². The maximum atomic E-state index is 12.4. The first-order valence-electron chi connectivity index (χ1n) is 9.65. The van der Waals surface area contributed by atoms with Gasteiger partial charge in [0, 0.05) is 11.8 Å². The zero-order valence-corrected chi connectivity index (χ0v) is 18.1. The van der Waals surface area contributed by atoms with Crippen LogP contribution in [0.1, 0.15) is 59.8 Å². The zero-order valence-electron chi connectivity index (χ0n) is 17.1. The fourth-order valence-corrected chi connectivity index (χ4v) is 4.45. The Hall–Kier alpha value is -0.983. The molecule has 0 heterocycles. The molecular formula is C20H36O5Si. The maximum absolute atomic E-state index is 12.4. The van der Waals surface area contributed by atoms with Crippen molar-refractivity contribution in [3.8, 4) is 0 Å². The molecule has 0 spiro atoms. The van der Waals surface area contributed by atoms with Gasteiger partial charge in [-0.25, -0.2) is 0 Å². The highest BCUT2D eigenvalue weighted by Gasteiger charge is 2.44. The summed E-state index contributed by atoms with van der Waals surface area (Å²) in [6, 6.07) is 0. The number of aliphatic hydroxyl groups excluding tert-OH is 1. The number of carboxylic acids is 1. The SMILES string of the molecule is C[C@H](O)CCCC[C@H]1C(=O)C=C[C@H](O[Si](C)(C)C(C)(C)C)[C@@H]1CC(=O)O. The van der Waals surface area contributed by atoms with Gasteiger partial charge in [-0.2, -0.15) is 0 Å². The van der Waals surface area contributed by atoms with Gasteiger partial charge in [-0.05, 0) is 44.0 Å². The molecule has 1 aliphatic rings. The quantitative estimate of drug-likeness (QED) is 0.460. The largest absolute Gasteiger partial charge is 0.481 e. The fraction of sp³-hybridized carbons (Fsp3) is 0.800. The van der Waals surface area contributed by atoms with Crippen LogP contribution in [-0.2, 0) is 14.0 Å². The number of carbonyl (C=O) groups excluding carboxylic acids is 1. The number of allylic oxidation sites excluding steroid dienone is 1. The maximum Gasteiger partial charge on any atom is 0.303 e. The average Bonchev–Trinajstić information content (AvgIpc) is 2.46. The molecule has 1 rings (SSSR count). The number of carbonyl (C=O) groups is 2. The Bertz CT molecular complexity index is 519. The fourth-order valence-electron chi connectivity index (χ4n) is 3.16.